The first kappa shape index (κ1) is 13.8. The maximum atomic E-state index is 6.29. The van der Waals surface area contributed by atoms with Crippen molar-refractivity contribution >= 4 is 34.2 Å². The molecular weight excluding hydrogens is 357 g/mol. The van der Waals surface area contributed by atoms with Crippen molar-refractivity contribution in [3.05, 3.63) is 67.2 Å². The van der Waals surface area contributed by atoms with Crippen LogP contribution >= 0.6 is 34.2 Å². The molecule has 0 spiro atoms. The number of benzene rings is 2. The third-order valence-electron chi connectivity index (χ3n) is 3.19. The molecule has 1 nitrogen and oxygen atoms in total. The second-order valence-electron chi connectivity index (χ2n) is 4.49. The third kappa shape index (κ3) is 2.87. The number of rotatable bonds is 2. The van der Waals surface area contributed by atoms with E-state index in [1.165, 1.54) is 11.1 Å². The van der Waals surface area contributed by atoms with E-state index in [0.717, 1.165) is 19.7 Å². The van der Waals surface area contributed by atoms with E-state index in [4.69, 9.17) is 17.3 Å². The van der Waals surface area contributed by atoms with Gasteiger partial charge in [-0.05, 0) is 70.8 Å². The first-order valence-electron chi connectivity index (χ1n) is 5.76. The molecule has 0 aliphatic rings. The molecule has 0 aliphatic heterocycles. The number of hydrogen-bond acceptors (Lipinski definition) is 1. The Kier molecular flexibility index (Phi) is 4.30. The van der Waals surface area contributed by atoms with E-state index in [0.29, 0.717) is 0 Å². The topological polar surface area (TPSA) is 26.0 Å². The van der Waals surface area contributed by atoms with Gasteiger partial charge in [0, 0.05) is 3.57 Å². The minimum absolute atomic E-state index is 0.126. The quantitative estimate of drug-likeness (QED) is 0.767. The van der Waals surface area contributed by atoms with Crippen molar-refractivity contribution in [2.75, 3.05) is 0 Å². The molecule has 0 aromatic heterocycles. The molecule has 94 valence electrons. The van der Waals surface area contributed by atoms with Crippen LogP contribution in [0.3, 0.4) is 0 Å². The van der Waals surface area contributed by atoms with Crippen molar-refractivity contribution in [3.63, 3.8) is 0 Å². The van der Waals surface area contributed by atoms with Crippen LogP contribution in [0, 0.1) is 17.4 Å². The van der Waals surface area contributed by atoms with Crippen molar-refractivity contribution in [2.45, 2.75) is 19.9 Å². The fourth-order valence-corrected chi connectivity index (χ4v) is 2.38. The smallest absolute Gasteiger partial charge is 0.0552 e. The maximum Gasteiger partial charge on any atom is 0.0552 e. The Hall–Kier alpha value is -0.580. The van der Waals surface area contributed by atoms with Crippen LogP contribution in [0.15, 0.2) is 36.4 Å². The lowest BCUT2D eigenvalue weighted by atomic mass is 9.96. The van der Waals surface area contributed by atoms with Crippen molar-refractivity contribution in [3.8, 4) is 0 Å². The molecule has 0 bridgehead atoms. The Morgan fingerprint density at radius 2 is 1.61 bits per heavy atom. The van der Waals surface area contributed by atoms with Crippen LogP contribution in [0.25, 0.3) is 0 Å². The number of aryl methyl sites for hydroxylation is 2. The Bertz CT molecular complexity index is 529. The molecule has 1 unspecified atom stereocenters. The van der Waals surface area contributed by atoms with E-state index in [1.807, 2.05) is 18.2 Å². The van der Waals surface area contributed by atoms with E-state index in [9.17, 15) is 0 Å². The van der Waals surface area contributed by atoms with Gasteiger partial charge in [0.1, 0.15) is 0 Å². The van der Waals surface area contributed by atoms with Gasteiger partial charge < -0.3 is 5.73 Å². The minimum Gasteiger partial charge on any atom is -0.320 e. The Labute approximate surface area is 126 Å². The molecule has 2 N–H and O–H groups in total. The molecule has 0 heterocycles. The lowest BCUT2D eigenvalue weighted by molar-refractivity contribution is 0.868. The molecule has 0 aliphatic carbocycles. The largest absolute Gasteiger partial charge is 0.320 e. The molecule has 2 aromatic rings. The summed E-state index contributed by atoms with van der Waals surface area (Å²) in [5.41, 5.74) is 11.0. The Morgan fingerprint density at radius 1 is 1.00 bits per heavy atom. The zero-order valence-electron chi connectivity index (χ0n) is 10.4. The summed E-state index contributed by atoms with van der Waals surface area (Å²) in [6, 6.07) is 12.2. The van der Waals surface area contributed by atoms with Gasteiger partial charge >= 0.3 is 0 Å². The van der Waals surface area contributed by atoms with Crippen LogP contribution in [0.5, 0.6) is 0 Å². The normalized spacial score (nSPS) is 12.5. The SMILES string of the molecule is Cc1ccc(C(N)c2ccc(I)c(Cl)c2)cc1C. The summed E-state index contributed by atoms with van der Waals surface area (Å²) < 4.78 is 1.05. The molecule has 0 saturated carbocycles. The van der Waals surface area contributed by atoms with E-state index in [-0.39, 0.29) is 6.04 Å². The molecule has 18 heavy (non-hydrogen) atoms. The lowest BCUT2D eigenvalue weighted by Gasteiger charge is -2.15. The summed E-state index contributed by atoms with van der Waals surface area (Å²) in [7, 11) is 0. The van der Waals surface area contributed by atoms with Crippen LogP contribution in [-0.4, -0.2) is 0 Å². The van der Waals surface area contributed by atoms with E-state index >= 15 is 0 Å². The summed E-state index contributed by atoms with van der Waals surface area (Å²) >= 11 is 8.35. The fraction of sp³-hybridized carbons (Fsp3) is 0.200. The molecule has 2 rings (SSSR count). The van der Waals surface area contributed by atoms with Gasteiger partial charge in [-0.1, -0.05) is 35.9 Å². The number of hydrogen-bond donors (Lipinski definition) is 1. The van der Waals surface area contributed by atoms with Gasteiger partial charge in [-0.2, -0.15) is 0 Å². The summed E-state index contributed by atoms with van der Waals surface area (Å²) in [6.45, 7) is 4.21. The average Bonchev–Trinajstić information content (AvgIpc) is 2.35. The van der Waals surface area contributed by atoms with E-state index < -0.39 is 0 Å². The van der Waals surface area contributed by atoms with Gasteiger partial charge in [0.05, 0.1) is 11.1 Å². The van der Waals surface area contributed by atoms with Crippen molar-refractivity contribution in [1.29, 1.82) is 0 Å². The highest BCUT2D eigenvalue weighted by Crippen LogP contribution is 2.26. The second-order valence-corrected chi connectivity index (χ2v) is 6.06. The molecule has 1 atom stereocenters. The molecule has 0 saturated heterocycles. The first-order valence-corrected chi connectivity index (χ1v) is 7.22. The average molecular weight is 372 g/mol. The number of halogens is 2. The predicted molar refractivity (Wildman–Crippen MR) is 86.1 cm³/mol. The number of nitrogens with two attached hydrogens (primary N) is 1. The van der Waals surface area contributed by atoms with Gasteiger partial charge in [0.15, 0.2) is 0 Å². The Balaban J connectivity index is 2.37. The predicted octanol–water partition coefficient (Wildman–Crippen LogP) is 4.61. The molecule has 0 radical (unpaired) electrons. The fourth-order valence-electron chi connectivity index (χ4n) is 1.86. The molecule has 0 amide bonds. The maximum absolute atomic E-state index is 6.29. The van der Waals surface area contributed by atoms with Gasteiger partial charge in [-0.15, -0.1) is 0 Å². The summed E-state index contributed by atoms with van der Waals surface area (Å²) in [6.07, 6.45) is 0. The van der Waals surface area contributed by atoms with Crippen molar-refractivity contribution in [2.24, 2.45) is 5.73 Å². The standard InChI is InChI=1S/C15H15ClIN/c1-9-3-4-11(7-10(9)2)15(18)12-5-6-14(17)13(16)8-12/h3-8,15H,18H2,1-2H3. The minimum atomic E-state index is -0.126. The zero-order chi connectivity index (χ0) is 13.3. The molecule has 3 heteroatoms. The van der Waals surface area contributed by atoms with Gasteiger partial charge in [0.25, 0.3) is 0 Å². The highest BCUT2D eigenvalue weighted by atomic mass is 127. The lowest BCUT2D eigenvalue weighted by Crippen LogP contribution is -2.12. The van der Waals surface area contributed by atoms with Crippen LogP contribution in [-0.2, 0) is 0 Å². The monoisotopic (exact) mass is 371 g/mol. The van der Waals surface area contributed by atoms with E-state index in [2.05, 4.69) is 54.6 Å². The highest BCUT2D eigenvalue weighted by molar-refractivity contribution is 14.1. The van der Waals surface area contributed by atoms with Crippen LogP contribution in [0.4, 0.5) is 0 Å². The molecular formula is C15H15ClIN. The zero-order valence-corrected chi connectivity index (χ0v) is 13.3. The van der Waals surface area contributed by atoms with Gasteiger partial charge in [-0.25, -0.2) is 0 Å². The van der Waals surface area contributed by atoms with Gasteiger partial charge in [0.2, 0.25) is 0 Å². The Morgan fingerprint density at radius 3 is 2.22 bits per heavy atom. The molecule has 2 aromatic carbocycles. The summed E-state index contributed by atoms with van der Waals surface area (Å²) in [5, 5.41) is 0.757. The first-order chi connectivity index (χ1) is 8.49. The summed E-state index contributed by atoms with van der Waals surface area (Å²) in [4.78, 5) is 0. The van der Waals surface area contributed by atoms with Crippen LogP contribution in [0.1, 0.15) is 28.3 Å². The van der Waals surface area contributed by atoms with Crippen molar-refractivity contribution in [1.82, 2.24) is 0 Å². The van der Waals surface area contributed by atoms with Crippen LogP contribution in [0.2, 0.25) is 5.02 Å². The molecule has 0 fully saturated rings. The van der Waals surface area contributed by atoms with Gasteiger partial charge in [-0.3, -0.25) is 0 Å². The van der Waals surface area contributed by atoms with Crippen LogP contribution < -0.4 is 5.73 Å². The van der Waals surface area contributed by atoms with Crippen molar-refractivity contribution < 1.29 is 0 Å². The third-order valence-corrected chi connectivity index (χ3v) is 4.77. The van der Waals surface area contributed by atoms with E-state index in [1.54, 1.807) is 0 Å². The summed E-state index contributed by atoms with van der Waals surface area (Å²) in [5.74, 6) is 0. The second kappa shape index (κ2) is 5.59. The highest BCUT2D eigenvalue weighted by Gasteiger charge is 2.11.